The lowest BCUT2D eigenvalue weighted by molar-refractivity contribution is -0.121. The fraction of sp³-hybridized carbons (Fsp3) is 0. The van der Waals surface area contributed by atoms with Gasteiger partial charge in [-0.1, -0.05) is 54.3 Å². The van der Waals surface area contributed by atoms with Gasteiger partial charge >= 0.3 is 0 Å². The first-order chi connectivity index (χ1) is 19.7. The lowest BCUT2D eigenvalue weighted by Gasteiger charge is -2.08. The molecule has 0 fully saturated rings. The third kappa shape index (κ3) is 5.10. The molecular formula is C33H19N3O4. The topological polar surface area (TPSA) is 91.3 Å². The molecule has 0 radical (unpaired) electrons. The summed E-state index contributed by atoms with van der Waals surface area (Å²) in [6.45, 7) is 0.671. The van der Waals surface area contributed by atoms with Crippen LogP contribution in [0.15, 0.2) is 103 Å². The molecule has 0 unspecified atom stereocenters. The van der Waals surface area contributed by atoms with Gasteiger partial charge in [-0.05, 0) is 51.9 Å². The number of ether oxygens (including phenoxy) is 2. The molecule has 3 aromatic carbocycles. The SMILES string of the molecule is O=COc1ccnc(-c2cc(OC=O)cc(-c3cc(C#Cc4ccc5c(ccc6ccccc65)c4)ccn3)n2)c1. The Balaban J connectivity index is 1.34. The molecule has 7 nitrogen and oxygen atoms in total. The molecule has 0 amide bonds. The number of rotatable bonds is 6. The number of pyridine rings is 3. The Morgan fingerprint density at radius 1 is 0.550 bits per heavy atom. The molecule has 0 saturated heterocycles. The quantitative estimate of drug-likeness (QED) is 0.151. The van der Waals surface area contributed by atoms with Crippen LogP contribution in [0, 0.1) is 11.8 Å². The maximum Gasteiger partial charge on any atom is 0.298 e. The van der Waals surface area contributed by atoms with E-state index in [1.165, 1.54) is 22.4 Å². The van der Waals surface area contributed by atoms with E-state index in [-0.39, 0.29) is 5.75 Å². The van der Waals surface area contributed by atoms with Crippen LogP contribution in [0.25, 0.3) is 44.3 Å². The van der Waals surface area contributed by atoms with Gasteiger partial charge in [0.2, 0.25) is 0 Å². The molecule has 190 valence electrons. The normalized spacial score (nSPS) is 10.5. The van der Waals surface area contributed by atoms with Gasteiger partial charge in [-0.25, -0.2) is 4.98 Å². The van der Waals surface area contributed by atoms with E-state index in [1.54, 1.807) is 30.5 Å². The van der Waals surface area contributed by atoms with Crippen LogP contribution < -0.4 is 9.47 Å². The standard InChI is InChI=1S/C33H19N3O4/c37-20-39-26-12-14-35-31(17-26)33-19-27(40-21-38)18-32(36-33)30-16-23(11-13-34-30)6-5-22-7-10-29-25(15-22)9-8-24-3-1-2-4-28(24)29/h1-4,7-21H. The van der Waals surface area contributed by atoms with E-state index in [1.807, 2.05) is 30.3 Å². The fourth-order valence-corrected chi connectivity index (χ4v) is 4.46. The van der Waals surface area contributed by atoms with Crippen LogP contribution in [-0.4, -0.2) is 27.9 Å². The van der Waals surface area contributed by atoms with E-state index in [0.29, 0.717) is 41.5 Å². The molecule has 0 aliphatic carbocycles. The van der Waals surface area contributed by atoms with Crippen molar-refractivity contribution < 1.29 is 19.1 Å². The van der Waals surface area contributed by atoms with Crippen molar-refractivity contribution in [3.8, 4) is 46.1 Å². The summed E-state index contributed by atoms with van der Waals surface area (Å²) in [5.74, 6) is 7.03. The lowest BCUT2D eigenvalue weighted by atomic mass is 10.0. The molecule has 0 N–H and O–H groups in total. The highest BCUT2D eigenvalue weighted by Crippen LogP contribution is 2.29. The van der Waals surface area contributed by atoms with Crippen LogP contribution in [0.2, 0.25) is 0 Å². The van der Waals surface area contributed by atoms with Crippen molar-refractivity contribution in [3.05, 3.63) is 115 Å². The maximum atomic E-state index is 11.1. The van der Waals surface area contributed by atoms with E-state index < -0.39 is 0 Å². The zero-order valence-electron chi connectivity index (χ0n) is 20.9. The number of hydrogen-bond acceptors (Lipinski definition) is 7. The second-order valence-electron chi connectivity index (χ2n) is 8.78. The fourth-order valence-electron chi connectivity index (χ4n) is 4.46. The minimum Gasteiger partial charge on any atom is -0.429 e. The number of hydrogen-bond donors (Lipinski definition) is 0. The van der Waals surface area contributed by atoms with E-state index in [9.17, 15) is 9.59 Å². The molecule has 3 aromatic heterocycles. The summed E-state index contributed by atoms with van der Waals surface area (Å²) in [7, 11) is 0. The lowest BCUT2D eigenvalue weighted by Crippen LogP contribution is -1.97. The van der Waals surface area contributed by atoms with Gasteiger partial charge in [0.05, 0.1) is 22.8 Å². The highest BCUT2D eigenvalue weighted by molar-refractivity contribution is 6.07. The predicted octanol–water partition coefficient (Wildman–Crippen LogP) is 5.98. The van der Waals surface area contributed by atoms with Gasteiger partial charge in [-0.3, -0.25) is 19.6 Å². The van der Waals surface area contributed by atoms with Crippen LogP contribution in [-0.2, 0) is 9.59 Å². The number of aromatic nitrogens is 3. The van der Waals surface area contributed by atoms with Crippen molar-refractivity contribution in [1.29, 1.82) is 0 Å². The number of benzene rings is 3. The zero-order chi connectivity index (χ0) is 27.3. The second-order valence-corrected chi connectivity index (χ2v) is 8.78. The molecule has 0 aliphatic heterocycles. The average molecular weight is 522 g/mol. The van der Waals surface area contributed by atoms with Crippen LogP contribution >= 0.6 is 0 Å². The van der Waals surface area contributed by atoms with Crippen molar-refractivity contribution >= 4 is 34.5 Å². The number of fused-ring (bicyclic) bond motifs is 3. The maximum absolute atomic E-state index is 11.1. The van der Waals surface area contributed by atoms with E-state index in [4.69, 9.17) is 9.47 Å². The molecule has 0 saturated carbocycles. The van der Waals surface area contributed by atoms with Crippen LogP contribution in [0.4, 0.5) is 0 Å². The Labute approximate surface area is 229 Å². The van der Waals surface area contributed by atoms with Crippen LogP contribution in [0.1, 0.15) is 11.1 Å². The first kappa shape index (κ1) is 24.5. The minimum absolute atomic E-state index is 0.264. The Morgan fingerprint density at radius 3 is 1.98 bits per heavy atom. The molecule has 0 spiro atoms. The third-order valence-electron chi connectivity index (χ3n) is 6.28. The Bertz CT molecular complexity index is 1970. The number of carbonyl (C=O) groups is 2. The van der Waals surface area contributed by atoms with Gasteiger partial charge in [0.1, 0.15) is 11.5 Å². The van der Waals surface area contributed by atoms with Crippen LogP contribution in [0.3, 0.4) is 0 Å². The van der Waals surface area contributed by atoms with Crippen molar-refractivity contribution in [2.24, 2.45) is 0 Å². The zero-order valence-corrected chi connectivity index (χ0v) is 20.9. The molecule has 0 bridgehead atoms. The largest absolute Gasteiger partial charge is 0.429 e. The first-order valence-corrected chi connectivity index (χ1v) is 12.3. The minimum atomic E-state index is 0.264. The molecule has 3 heterocycles. The average Bonchev–Trinajstić information content (AvgIpc) is 3.00. The highest BCUT2D eigenvalue weighted by Gasteiger charge is 2.12. The van der Waals surface area contributed by atoms with Crippen LogP contribution in [0.5, 0.6) is 11.5 Å². The summed E-state index contributed by atoms with van der Waals surface area (Å²) in [5.41, 5.74) is 3.47. The smallest absolute Gasteiger partial charge is 0.298 e. The number of carbonyl (C=O) groups excluding carboxylic acids is 2. The number of nitrogens with zero attached hydrogens (tertiary/aromatic N) is 3. The Hall–Kier alpha value is -5.87. The Morgan fingerprint density at radius 2 is 1.18 bits per heavy atom. The van der Waals surface area contributed by atoms with Gasteiger partial charge < -0.3 is 9.47 Å². The first-order valence-electron chi connectivity index (χ1n) is 12.3. The predicted molar refractivity (Wildman–Crippen MR) is 152 cm³/mol. The Kier molecular flexibility index (Phi) is 6.64. The summed E-state index contributed by atoms with van der Waals surface area (Å²) in [4.78, 5) is 35.2. The van der Waals surface area contributed by atoms with Gasteiger partial charge in [-0.15, -0.1) is 0 Å². The van der Waals surface area contributed by atoms with E-state index >= 15 is 0 Å². The van der Waals surface area contributed by atoms with E-state index in [2.05, 4.69) is 63.2 Å². The van der Waals surface area contributed by atoms with Crippen molar-refractivity contribution in [3.63, 3.8) is 0 Å². The summed E-state index contributed by atoms with van der Waals surface area (Å²) < 4.78 is 10.0. The molecule has 7 heteroatoms. The molecular weight excluding hydrogens is 502 g/mol. The summed E-state index contributed by atoms with van der Waals surface area (Å²) >= 11 is 0. The third-order valence-corrected chi connectivity index (χ3v) is 6.28. The highest BCUT2D eigenvalue weighted by atomic mass is 16.5. The molecule has 6 aromatic rings. The molecule has 40 heavy (non-hydrogen) atoms. The molecule has 6 rings (SSSR count). The van der Waals surface area contributed by atoms with Crippen molar-refractivity contribution in [1.82, 2.24) is 15.0 Å². The monoisotopic (exact) mass is 521 g/mol. The van der Waals surface area contributed by atoms with Crippen molar-refractivity contribution in [2.75, 3.05) is 0 Å². The van der Waals surface area contributed by atoms with E-state index in [0.717, 1.165) is 16.5 Å². The molecule has 0 atom stereocenters. The summed E-state index contributed by atoms with van der Waals surface area (Å²) in [6.07, 6.45) is 3.14. The van der Waals surface area contributed by atoms with Gasteiger partial charge in [0, 0.05) is 41.7 Å². The summed E-state index contributed by atoms with van der Waals surface area (Å²) in [6, 6.07) is 28.7. The van der Waals surface area contributed by atoms with Gasteiger partial charge in [0.15, 0.2) is 0 Å². The summed E-state index contributed by atoms with van der Waals surface area (Å²) in [5, 5.41) is 4.73. The van der Waals surface area contributed by atoms with Crippen molar-refractivity contribution in [2.45, 2.75) is 0 Å². The van der Waals surface area contributed by atoms with Gasteiger partial charge in [0.25, 0.3) is 12.9 Å². The second kappa shape index (κ2) is 10.9. The van der Waals surface area contributed by atoms with Gasteiger partial charge in [-0.2, -0.15) is 0 Å². The molecule has 0 aliphatic rings.